The number of piperidine rings is 2. The van der Waals surface area contributed by atoms with Crippen LogP contribution in [0.25, 0.3) is 0 Å². The molecule has 0 amide bonds. The van der Waals surface area contributed by atoms with Crippen LogP contribution >= 0.6 is 0 Å². The maximum Gasteiger partial charge on any atom is 0.0818 e. The standard InChI is InChI=1S/C21H42N2/c1-21(2)19(11-16-22(3)12-7-5-8-13-22)17-20(21)18-23(4)14-9-6-10-15-23/h19-20H,5-18H2,1-4H3/q+2/t19-,20-/m1/s1. The zero-order valence-corrected chi connectivity index (χ0v) is 16.4. The molecule has 0 N–H and O–H groups in total. The van der Waals surface area contributed by atoms with Gasteiger partial charge in [0.25, 0.3) is 0 Å². The Balaban J connectivity index is 1.48. The molecule has 0 radical (unpaired) electrons. The molecule has 0 aromatic rings. The average molecular weight is 323 g/mol. The van der Waals surface area contributed by atoms with E-state index in [1.165, 1.54) is 99.6 Å². The first kappa shape index (κ1) is 17.7. The Morgan fingerprint density at radius 2 is 1.26 bits per heavy atom. The topological polar surface area (TPSA) is 0 Å². The predicted molar refractivity (Wildman–Crippen MR) is 99.3 cm³/mol. The fraction of sp³-hybridized carbons (Fsp3) is 1.00. The first-order valence-corrected chi connectivity index (χ1v) is 10.5. The third kappa shape index (κ3) is 3.95. The molecule has 1 aliphatic carbocycles. The Morgan fingerprint density at radius 3 is 1.78 bits per heavy atom. The first-order chi connectivity index (χ1) is 10.8. The number of hydrogen-bond acceptors (Lipinski definition) is 0. The fourth-order valence-electron chi connectivity index (χ4n) is 5.88. The smallest absolute Gasteiger partial charge is 0.0818 e. The summed E-state index contributed by atoms with van der Waals surface area (Å²) in [4.78, 5) is 0. The van der Waals surface area contributed by atoms with Gasteiger partial charge in [0.15, 0.2) is 0 Å². The van der Waals surface area contributed by atoms with Crippen molar-refractivity contribution in [3.63, 3.8) is 0 Å². The highest BCUT2D eigenvalue weighted by Gasteiger charge is 2.51. The molecule has 2 atom stereocenters. The number of likely N-dealkylation sites (tertiary alicyclic amines) is 2. The van der Waals surface area contributed by atoms with Gasteiger partial charge >= 0.3 is 0 Å². The van der Waals surface area contributed by atoms with Crippen molar-refractivity contribution < 1.29 is 8.97 Å². The van der Waals surface area contributed by atoms with Gasteiger partial charge in [0.2, 0.25) is 0 Å². The summed E-state index contributed by atoms with van der Waals surface area (Å²) in [7, 11) is 5.05. The van der Waals surface area contributed by atoms with Crippen LogP contribution in [-0.4, -0.2) is 62.3 Å². The molecule has 2 saturated heterocycles. The zero-order valence-electron chi connectivity index (χ0n) is 16.4. The minimum Gasteiger partial charge on any atom is -0.326 e. The van der Waals surface area contributed by atoms with Crippen LogP contribution in [0.15, 0.2) is 0 Å². The van der Waals surface area contributed by atoms with Crippen molar-refractivity contribution in [2.75, 3.05) is 53.4 Å². The van der Waals surface area contributed by atoms with Crippen LogP contribution in [0.2, 0.25) is 0 Å². The molecule has 0 spiro atoms. The van der Waals surface area contributed by atoms with Gasteiger partial charge in [-0.05, 0) is 62.7 Å². The quantitative estimate of drug-likeness (QED) is 0.662. The van der Waals surface area contributed by atoms with E-state index in [0.29, 0.717) is 5.41 Å². The van der Waals surface area contributed by atoms with Crippen molar-refractivity contribution in [1.29, 1.82) is 0 Å². The SMILES string of the molecule is CC1(C)[C@H](CC[N+]2(C)CCCCC2)C[C@@H]1C[N+]1(C)CCCCC1. The number of nitrogens with zero attached hydrogens (tertiary/aromatic N) is 2. The van der Waals surface area contributed by atoms with Crippen LogP contribution in [0.3, 0.4) is 0 Å². The molecule has 2 heterocycles. The van der Waals surface area contributed by atoms with Gasteiger partial charge < -0.3 is 8.97 Å². The van der Waals surface area contributed by atoms with Gasteiger partial charge in [-0.25, -0.2) is 0 Å². The highest BCUT2D eigenvalue weighted by Crippen LogP contribution is 2.54. The van der Waals surface area contributed by atoms with Gasteiger partial charge in [-0.15, -0.1) is 0 Å². The largest absolute Gasteiger partial charge is 0.326 e. The predicted octanol–water partition coefficient (Wildman–Crippen LogP) is 4.30. The second kappa shape index (κ2) is 6.67. The third-order valence-corrected chi connectivity index (χ3v) is 8.14. The van der Waals surface area contributed by atoms with Crippen LogP contribution in [0.5, 0.6) is 0 Å². The molecule has 2 heteroatoms. The van der Waals surface area contributed by atoms with Gasteiger partial charge in [-0.3, -0.25) is 0 Å². The second-order valence-corrected chi connectivity index (χ2v) is 10.4. The number of rotatable bonds is 5. The normalized spacial score (nSPS) is 35.5. The summed E-state index contributed by atoms with van der Waals surface area (Å²) in [5, 5.41) is 0. The Kier molecular flexibility index (Phi) is 5.14. The summed E-state index contributed by atoms with van der Waals surface area (Å²) in [5.74, 6) is 1.96. The van der Waals surface area contributed by atoms with Crippen molar-refractivity contribution in [3.05, 3.63) is 0 Å². The van der Waals surface area contributed by atoms with E-state index in [1.54, 1.807) is 0 Å². The Bertz CT molecular complexity index is 389. The van der Waals surface area contributed by atoms with Crippen molar-refractivity contribution in [2.45, 2.75) is 65.2 Å². The second-order valence-electron chi connectivity index (χ2n) is 10.4. The summed E-state index contributed by atoms with van der Waals surface area (Å²) in [5.41, 5.74) is 0.591. The fourth-order valence-corrected chi connectivity index (χ4v) is 5.88. The summed E-state index contributed by atoms with van der Waals surface area (Å²) in [6, 6.07) is 0. The maximum absolute atomic E-state index is 2.58. The summed E-state index contributed by atoms with van der Waals surface area (Å²) >= 11 is 0. The first-order valence-electron chi connectivity index (χ1n) is 10.5. The Hall–Kier alpha value is -0.0800. The molecule has 3 aliphatic rings. The Morgan fingerprint density at radius 1 is 0.739 bits per heavy atom. The number of quaternary nitrogens is 2. The van der Waals surface area contributed by atoms with Gasteiger partial charge in [-0.2, -0.15) is 0 Å². The zero-order chi connectivity index (χ0) is 16.6. The lowest BCUT2D eigenvalue weighted by Gasteiger charge is -2.55. The summed E-state index contributed by atoms with van der Waals surface area (Å²) in [6.07, 6.45) is 11.8. The molecular formula is C21H42N2+2. The van der Waals surface area contributed by atoms with E-state index in [1.807, 2.05) is 0 Å². The average Bonchev–Trinajstić information content (AvgIpc) is 2.51. The molecule has 0 aromatic carbocycles. The minimum absolute atomic E-state index is 0.591. The highest BCUT2D eigenvalue weighted by molar-refractivity contribution is 4.96. The van der Waals surface area contributed by atoms with Crippen molar-refractivity contribution >= 4 is 0 Å². The molecule has 0 aromatic heterocycles. The van der Waals surface area contributed by atoms with Crippen molar-refractivity contribution in [2.24, 2.45) is 17.3 Å². The minimum atomic E-state index is 0.591. The van der Waals surface area contributed by atoms with Crippen molar-refractivity contribution in [1.82, 2.24) is 0 Å². The molecule has 2 nitrogen and oxygen atoms in total. The van der Waals surface area contributed by atoms with E-state index in [0.717, 1.165) is 11.8 Å². The van der Waals surface area contributed by atoms with E-state index in [-0.39, 0.29) is 0 Å². The van der Waals surface area contributed by atoms with E-state index in [4.69, 9.17) is 0 Å². The van der Waals surface area contributed by atoms with Gasteiger partial charge in [0.1, 0.15) is 0 Å². The molecule has 3 rings (SSSR count). The molecule has 1 saturated carbocycles. The van der Waals surface area contributed by atoms with Crippen LogP contribution in [-0.2, 0) is 0 Å². The molecule has 134 valence electrons. The molecule has 3 fully saturated rings. The van der Waals surface area contributed by atoms with Crippen LogP contribution in [0.1, 0.15) is 65.2 Å². The lowest BCUT2D eigenvalue weighted by molar-refractivity contribution is -0.919. The van der Waals surface area contributed by atoms with Gasteiger partial charge in [0.05, 0.1) is 53.4 Å². The van der Waals surface area contributed by atoms with Crippen LogP contribution in [0, 0.1) is 17.3 Å². The van der Waals surface area contributed by atoms with Gasteiger partial charge in [0, 0.05) is 5.92 Å². The molecular weight excluding hydrogens is 280 g/mol. The molecule has 2 aliphatic heterocycles. The van der Waals surface area contributed by atoms with Crippen molar-refractivity contribution in [3.8, 4) is 0 Å². The van der Waals surface area contributed by atoms with E-state index >= 15 is 0 Å². The van der Waals surface area contributed by atoms with Crippen LogP contribution < -0.4 is 0 Å². The Labute approximate surface area is 145 Å². The number of hydrogen-bond donors (Lipinski definition) is 0. The van der Waals surface area contributed by atoms with Crippen LogP contribution in [0.4, 0.5) is 0 Å². The summed E-state index contributed by atoms with van der Waals surface area (Å²) in [6.45, 7) is 13.8. The molecule has 0 bridgehead atoms. The van der Waals surface area contributed by atoms with E-state index < -0.39 is 0 Å². The highest BCUT2D eigenvalue weighted by atomic mass is 15.3. The van der Waals surface area contributed by atoms with Gasteiger partial charge in [-0.1, -0.05) is 13.8 Å². The molecule has 0 unspecified atom stereocenters. The summed E-state index contributed by atoms with van der Waals surface area (Å²) < 4.78 is 2.74. The maximum atomic E-state index is 2.58. The third-order valence-electron chi connectivity index (χ3n) is 8.14. The van der Waals surface area contributed by atoms with E-state index in [2.05, 4.69) is 27.9 Å². The molecule has 23 heavy (non-hydrogen) atoms. The lowest BCUT2D eigenvalue weighted by Crippen LogP contribution is -2.58. The lowest BCUT2D eigenvalue weighted by atomic mass is 9.53. The van der Waals surface area contributed by atoms with E-state index in [9.17, 15) is 0 Å². The monoisotopic (exact) mass is 322 g/mol.